The zero-order valence-electron chi connectivity index (χ0n) is 9.30. The summed E-state index contributed by atoms with van der Waals surface area (Å²) in [4.78, 5) is 0. The molecule has 5 nitrogen and oxygen atoms in total. The second-order valence-corrected chi connectivity index (χ2v) is 3.76. The van der Waals surface area contributed by atoms with Crippen LogP contribution in [0, 0.1) is 0 Å². The van der Waals surface area contributed by atoms with Crippen molar-refractivity contribution in [2.45, 2.75) is 6.10 Å². The summed E-state index contributed by atoms with van der Waals surface area (Å²) in [7, 11) is 0. The molecule has 0 fully saturated rings. The molecule has 0 aliphatic rings. The molecule has 90 valence electrons. The van der Waals surface area contributed by atoms with Gasteiger partial charge in [0.05, 0.1) is 18.4 Å². The summed E-state index contributed by atoms with van der Waals surface area (Å²) in [6.45, 7) is 0.0964. The molecule has 0 aliphatic heterocycles. The Balaban J connectivity index is 1.99. The van der Waals surface area contributed by atoms with Crippen molar-refractivity contribution in [1.29, 1.82) is 0 Å². The molecule has 2 rings (SSSR count). The third kappa shape index (κ3) is 3.05. The average Bonchev–Trinajstić information content (AvgIpc) is 2.90. The van der Waals surface area contributed by atoms with Crippen molar-refractivity contribution in [2.24, 2.45) is 0 Å². The van der Waals surface area contributed by atoms with Crippen LogP contribution >= 0.6 is 0 Å². The Bertz CT molecular complexity index is 439. The van der Waals surface area contributed by atoms with E-state index in [1.165, 1.54) is 0 Å². The van der Waals surface area contributed by atoms with Crippen LogP contribution in [0.2, 0.25) is 0 Å². The van der Waals surface area contributed by atoms with Crippen LogP contribution in [0.5, 0.6) is 0 Å². The molecule has 1 atom stereocenters. The summed E-state index contributed by atoms with van der Waals surface area (Å²) in [5.41, 5.74) is 2.92. The van der Waals surface area contributed by atoms with Crippen molar-refractivity contribution in [3.05, 3.63) is 36.5 Å². The second kappa shape index (κ2) is 5.47. The minimum atomic E-state index is -0.734. The number of benzene rings is 1. The molecule has 0 amide bonds. The fourth-order valence-corrected chi connectivity index (χ4v) is 1.48. The number of hydrogen-bond acceptors (Lipinski definition) is 4. The number of H-pyrrole nitrogens is 1. The first-order valence-electron chi connectivity index (χ1n) is 5.42. The Hall–Kier alpha value is -1.85. The van der Waals surface area contributed by atoms with Gasteiger partial charge in [0.1, 0.15) is 0 Å². The van der Waals surface area contributed by atoms with E-state index >= 15 is 0 Å². The molecule has 4 N–H and O–H groups in total. The van der Waals surface area contributed by atoms with Gasteiger partial charge in [-0.3, -0.25) is 5.10 Å². The van der Waals surface area contributed by atoms with Gasteiger partial charge in [-0.25, -0.2) is 0 Å². The molecule has 0 saturated heterocycles. The summed E-state index contributed by atoms with van der Waals surface area (Å²) in [6.07, 6.45) is 0.973. The first-order valence-corrected chi connectivity index (χ1v) is 5.42. The van der Waals surface area contributed by atoms with Gasteiger partial charge < -0.3 is 15.5 Å². The fraction of sp³-hybridized carbons (Fsp3) is 0.250. The molecular formula is C12H15N3O2. The van der Waals surface area contributed by atoms with Gasteiger partial charge in [0, 0.05) is 18.4 Å². The molecule has 0 radical (unpaired) electrons. The van der Waals surface area contributed by atoms with E-state index in [0.29, 0.717) is 6.54 Å². The number of aliphatic hydroxyl groups excluding tert-OH is 2. The van der Waals surface area contributed by atoms with E-state index in [2.05, 4.69) is 15.5 Å². The number of aromatic nitrogens is 2. The Morgan fingerprint density at radius 3 is 2.59 bits per heavy atom. The van der Waals surface area contributed by atoms with Crippen LogP contribution in [0.3, 0.4) is 0 Å². The molecule has 1 aromatic heterocycles. The Labute approximate surface area is 99.1 Å². The summed E-state index contributed by atoms with van der Waals surface area (Å²) < 4.78 is 0. The van der Waals surface area contributed by atoms with Gasteiger partial charge in [0.25, 0.3) is 0 Å². The van der Waals surface area contributed by atoms with Crippen molar-refractivity contribution in [3.63, 3.8) is 0 Å². The lowest BCUT2D eigenvalue weighted by molar-refractivity contribution is 0.105. The summed E-state index contributed by atoms with van der Waals surface area (Å²) in [6, 6.07) is 9.65. The largest absolute Gasteiger partial charge is 0.394 e. The maximum atomic E-state index is 9.20. The molecule has 0 saturated carbocycles. The van der Waals surface area contributed by atoms with Crippen LogP contribution in [0.25, 0.3) is 11.3 Å². The van der Waals surface area contributed by atoms with Gasteiger partial charge in [0.2, 0.25) is 0 Å². The monoisotopic (exact) mass is 233 g/mol. The van der Waals surface area contributed by atoms with Crippen LogP contribution in [-0.2, 0) is 0 Å². The predicted octanol–water partition coefficient (Wildman–Crippen LogP) is 0.842. The zero-order valence-corrected chi connectivity index (χ0v) is 9.30. The number of hydrogen-bond donors (Lipinski definition) is 4. The predicted molar refractivity (Wildman–Crippen MR) is 65.6 cm³/mol. The van der Waals surface area contributed by atoms with Gasteiger partial charge >= 0.3 is 0 Å². The number of nitrogens with zero attached hydrogens (tertiary/aromatic N) is 1. The van der Waals surface area contributed by atoms with Gasteiger partial charge in [-0.15, -0.1) is 0 Å². The minimum Gasteiger partial charge on any atom is -0.394 e. The topological polar surface area (TPSA) is 81.2 Å². The number of rotatable bonds is 5. The fourth-order valence-electron chi connectivity index (χ4n) is 1.48. The first kappa shape index (κ1) is 11.6. The molecule has 17 heavy (non-hydrogen) atoms. The summed E-state index contributed by atoms with van der Waals surface area (Å²) >= 11 is 0. The SMILES string of the molecule is OCC(O)CNc1ccc(-c2ccn[nH]2)cc1. The Morgan fingerprint density at radius 2 is 2.00 bits per heavy atom. The molecular weight excluding hydrogens is 218 g/mol. The molecule has 1 heterocycles. The third-order valence-electron chi connectivity index (χ3n) is 2.45. The van der Waals surface area contributed by atoms with Crippen LogP contribution in [0.15, 0.2) is 36.5 Å². The first-order chi connectivity index (χ1) is 8.29. The van der Waals surface area contributed by atoms with Crippen molar-refractivity contribution < 1.29 is 10.2 Å². The minimum absolute atomic E-state index is 0.237. The van der Waals surface area contributed by atoms with Gasteiger partial charge in [0.15, 0.2) is 0 Å². The van der Waals surface area contributed by atoms with Crippen LogP contribution in [0.4, 0.5) is 5.69 Å². The van der Waals surface area contributed by atoms with E-state index in [9.17, 15) is 5.11 Å². The van der Waals surface area contributed by atoms with Crippen LogP contribution < -0.4 is 5.32 Å². The van der Waals surface area contributed by atoms with Crippen LogP contribution in [0.1, 0.15) is 0 Å². The quantitative estimate of drug-likeness (QED) is 0.617. The summed E-state index contributed by atoms with van der Waals surface area (Å²) in [5, 5.41) is 27.7. The number of aromatic amines is 1. The van der Waals surface area contributed by atoms with E-state index in [1.54, 1.807) is 6.20 Å². The molecule has 1 unspecified atom stereocenters. The maximum Gasteiger partial charge on any atom is 0.0942 e. The van der Waals surface area contributed by atoms with E-state index in [4.69, 9.17) is 5.11 Å². The lowest BCUT2D eigenvalue weighted by Gasteiger charge is -2.10. The second-order valence-electron chi connectivity index (χ2n) is 3.76. The number of nitrogens with one attached hydrogen (secondary N) is 2. The standard InChI is InChI=1S/C12H15N3O2/c16-8-11(17)7-13-10-3-1-9(2-4-10)12-5-6-14-15-12/h1-6,11,13,16-17H,7-8H2,(H,14,15). The Kier molecular flexibility index (Phi) is 3.74. The highest BCUT2D eigenvalue weighted by Gasteiger charge is 2.02. The van der Waals surface area contributed by atoms with Gasteiger partial charge in [-0.1, -0.05) is 12.1 Å². The molecule has 2 aromatic rings. The van der Waals surface area contributed by atoms with E-state index < -0.39 is 6.10 Å². The number of aliphatic hydroxyl groups is 2. The van der Waals surface area contributed by atoms with Gasteiger partial charge in [-0.05, 0) is 23.8 Å². The molecule has 0 aliphatic carbocycles. The van der Waals surface area contributed by atoms with E-state index in [0.717, 1.165) is 16.9 Å². The lowest BCUT2D eigenvalue weighted by Crippen LogP contribution is -2.22. The van der Waals surface area contributed by atoms with Crippen molar-refractivity contribution >= 4 is 5.69 Å². The highest BCUT2D eigenvalue weighted by Crippen LogP contribution is 2.18. The smallest absolute Gasteiger partial charge is 0.0942 e. The lowest BCUT2D eigenvalue weighted by atomic mass is 10.1. The highest BCUT2D eigenvalue weighted by molar-refractivity contribution is 5.62. The van der Waals surface area contributed by atoms with Gasteiger partial charge in [-0.2, -0.15) is 5.10 Å². The normalized spacial score (nSPS) is 12.4. The zero-order chi connectivity index (χ0) is 12.1. The Morgan fingerprint density at radius 1 is 1.24 bits per heavy atom. The van der Waals surface area contributed by atoms with Crippen molar-refractivity contribution in [3.8, 4) is 11.3 Å². The average molecular weight is 233 g/mol. The summed E-state index contributed by atoms with van der Waals surface area (Å²) in [5.74, 6) is 0. The number of anilines is 1. The molecule has 0 spiro atoms. The van der Waals surface area contributed by atoms with Crippen LogP contribution in [-0.4, -0.2) is 39.7 Å². The van der Waals surface area contributed by atoms with Crippen molar-refractivity contribution in [2.75, 3.05) is 18.5 Å². The maximum absolute atomic E-state index is 9.20. The highest BCUT2D eigenvalue weighted by atomic mass is 16.3. The molecule has 1 aromatic carbocycles. The van der Waals surface area contributed by atoms with Crippen molar-refractivity contribution in [1.82, 2.24) is 10.2 Å². The molecule has 5 heteroatoms. The molecule has 0 bridgehead atoms. The van der Waals surface area contributed by atoms with E-state index in [1.807, 2.05) is 30.3 Å². The van der Waals surface area contributed by atoms with E-state index in [-0.39, 0.29) is 6.61 Å². The third-order valence-corrected chi connectivity index (χ3v) is 2.45.